The number of thioether (sulfide) groups is 1. The zero-order valence-corrected chi connectivity index (χ0v) is 27.2. The SMILES string of the molecule is COc1ccc(C(O)=C2C(=O)C(=O)N(c3nnc(SCc4ccccc4F)s3)C2c2ccc(OCc3ccccc3)c(OC)c2)cc1F. The first-order valence-corrected chi connectivity index (χ1v) is 16.3. The fourth-order valence-corrected chi connectivity index (χ4v) is 6.99. The van der Waals surface area contributed by atoms with Gasteiger partial charge >= 0.3 is 5.91 Å². The molecule has 9 nitrogen and oxygen atoms in total. The number of aliphatic hydroxyl groups is 1. The Bertz CT molecular complexity index is 2020. The molecule has 0 saturated carbocycles. The Kier molecular flexibility index (Phi) is 9.69. The van der Waals surface area contributed by atoms with E-state index in [1.54, 1.807) is 36.4 Å². The minimum Gasteiger partial charge on any atom is -0.507 e. The van der Waals surface area contributed by atoms with Gasteiger partial charge in [0.2, 0.25) is 5.13 Å². The number of amides is 1. The summed E-state index contributed by atoms with van der Waals surface area (Å²) in [7, 11) is 2.75. The lowest BCUT2D eigenvalue weighted by Crippen LogP contribution is -2.29. The molecule has 1 atom stereocenters. The Morgan fingerprint density at radius 2 is 1.60 bits per heavy atom. The van der Waals surface area contributed by atoms with Crippen LogP contribution >= 0.6 is 23.1 Å². The van der Waals surface area contributed by atoms with E-state index in [0.29, 0.717) is 27.0 Å². The molecule has 1 amide bonds. The van der Waals surface area contributed by atoms with E-state index in [9.17, 15) is 23.5 Å². The standard InChI is InChI=1S/C35H27F2N3O6S2/c1-44-26-14-13-22(16-25(26)37)31(41)29-30(21-12-15-27(28(17-21)45-2)46-18-20-8-4-3-5-9-20)40(33(43)32(29)42)34-38-39-35(48-34)47-19-23-10-6-7-11-24(23)36/h3-17,30,41H,18-19H2,1-2H3. The van der Waals surface area contributed by atoms with Crippen LogP contribution in [0.4, 0.5) is 13.9 Å². The zero-order valence-electron chi connectivity index (χ0n) is 25.6. The van der Waals surface area contributed by atoms with Gasteiger partial charge in [-0.05, 0) is 53.1 Å². The normalized spacial score (nSPS) is 15.5. The maximum Gasteiger partial charge on any atom is 0.301 e. The van der Waals surface area contributed by atoms with Crippen LogP contribution in [0.2, 0.25) is 0 Å². The van der Waals surface area contributed by atoms with Gasteiger partial charge in [0.05, 0.1) is 25.8 Å². The summed E-state index contributed by atoms with van der Waals surface area (Å²) in [5.41, 5.74) is 1.45. The van der Waals surface area contributed by atoms with Crippen LogP contribution in [-0.2, 0) is 21.9 Å². The van der Waals surface area contributed by atoms with Crippen LogP contribution in [0.5, 0.6) is 17.2 Å². The van der Waals surface area contributed by atoms with E-state index in [0.717, 1.165) is 27.9 Å². The number of methoxy groups -OCH3 is 2. The van der Waals surface area contributed by atoms with E-state index < -0.39 is 29.3 Å². The monoisotopic (exact) mass is 687 g/mol. The number of hydrogen-bond donors (Lipinski definition) is 1. The predicted molar refractivity (Wildman–Crippen MR) is 177 cm³/mol. The van der Waals surface area contributed by atoms with Crippen LogP contribution in [-0.4, -0.2) is 41.2 Å². The van der Waals surface area contributed by atoms with Gasteiger partial charge in [-0.25, -0.2) is 8.78 Å². The second-order valence-electron chi connectivity index (χ2n) is 10.4. The smallest absolute Gasteiger partial charge is 0.301 e. The highest BCUT2D eigenvalue weighted by atomic mass is 32.2. The molecule has 1 fully saturated rings. The number of rotatable bonds is 11. The molecule has 1 saturated heterocycles. The van der Waals surface area contributed by atoms with Crippen LogP contribution in [0, 0.1) is 11.6 Å². The van der Waals surface area contributed by atoms with Gasteiger partial charge in [-0.3, -0.25) is 14.5 Å². The summed E-state index contributed by atoms with van der Waals surface area (Å²) in [4.78, 5) is 28.5. The number of ketones is 1. The van der Waals surface area contributed by atoms with E-state index in [4.69, 9.17) is 14.2 Å². The fraction of sp³-hybridized carbons (Fsp3) is 0.143. The Labute approximate surface area is 282 Å². The topological polar surface area (TPSA) is 111 Å². The van der Waals surface area contributed by atoms with Gasteiger partial charge < -0.3 is 19.3 Å². The molecule has 1 aliphatic rings. The van der Waals surface area contributed by atoms with Crippen molar-refractivity contribution in [1.29, 1.82) is 0 Å². The molecule has 13 heteroatoms. The van der Waals surface area contributed by atoms with Crippen LogP contribution in [0.25, 0.3) is 5.76 Å². The minimum atomic E-state index is -1.20. The van der Waals surface area contributed by atoms with Gasteiger partial charge in [0.25, 0.3) is 5.78 Å². The Balaban J connectivity index is 1.40. The lowest BCUT2D eigenvalue weighted by atomic mass is 9.95. The zero-order chi connectivity index (χ0) is 33.8. The number of hydrogen-bond acceptors (Lipinski definition) is 10. The van der Waals surface area contributed by atoms with Crippen molar-refractivity contribution < 1.29 is 37.7 Å². The molecule has 2 heterocycles. The molecule has 244 valence electrons. The van der Waals surface area contributed by atoms with Crippen LogP contribution in [0.1, 0.15) is 28.3 Å². The minimum absolute atomic E-state index is 0.0375. The highest BCUT2D eigenvalue weighted by molar-refractivity contribution is 8.00. The summed E-state index contributed by atoms with van der Waals surface area (Å²) < 4.78 is 45.9. The third kappa shape index (κ3) is 6.60. The third-order valence-corrected chi connectivity index (χ3v) is 9.63. The highest BCUT2D eigenvalue weighted by Gasteiger charge is 2.48. The molecule has 5 aromatic rings. The van der Waals surface area contributed by atoms with Crippen molar-refractivity contribution in [3.05, 3.63) is 130 Å². The summed E-state index contributed by atoms with van der Waals surface area (Å²) in [5, 5.41) is 19.9. The lowest BCUT2D eigenvalue weighted by Gasteiger charge is -2.23. The van der Waals surface area contributed by atoms with Gasteiger partial charge in [0, 0.05) is 11.3 Å². The molecule has 1 aliphatic heterocycles. The first-order valence-electron chi connectivity index (χ1n) is 14.5. The average Bonchev–Trinajstić information content (AvgIpc) is 3.68. The summed E-state index contributed by atoms with van der Waals surface area (Å²) in [6.07, 6.45) is 0. The number of aromatic nitrogens is 2. The van der Waals surface area contributed by atoms with Crippen molar-refractivity contribution in [2.24, 2.45) is 0 Å². The van der Waals surface area contributed by atoms with Crippen molar-refractivity contribution in [2.75, 3.05) is 19.1 Å². The number of benzene rings is 4. The van der Waals surface area contributed by atoms with Gasteiger partial charge in [0.15, 0.2) is 27.4 Å². The second kappa shape index (κ2) is 14.2. The Morgan fingerprint density at radius 3 is 2.33 bits per heavy atom. The van der Waals surface area contributed by atoms with Gasteiger partial charge in [-0.15, -0.1) is 10.2 Å². The molecular formula is C35H27F2N3O6S2. The molecular weight excluding hydrogens is 661 g/mol. The van der Waals surface area contributed by atoms with E-state index in [-0.39, 0.29) is 40.2 Å². The molecule has 6 rings (SSSR count). The molecule has 4 aromatic carbocycles. The summed E-state index contributed by atoms with van der Waals surface area (Å²) in [5.74, 6) is -2.79. The molecule has 0 radical (unpaired) electrons. The van der Waals surface area contributed by atoms with E-state index >= 15 is 0 Å². The molecule has 1 aromatic heterocycles. The van der Waals surface area contributed by atoms with Gasteiger partial charge in [-0.1, -0.05) is 77.7 Å². The van der Waals surface area contributed by atoms with Crippen LogP contribution in [0.15, 0.2) is 101 Å². The Hall–Kier alpha value is -5.27. The lowest BCUT2D eigenvalue weighted by molar-refractivity contribution is -0.132. The van der Waals surface area contributed by atoms with Crippen molar-refractivity contribution in [2.45, 2.75) is 22.7 Å². The number of aliphatic hydroxyl groups excluding tert-OH is 1. The van der Waals surface area contributed by atoms with Gasteiger partial charge in [-0.2, -0.15) is 0 Å². The first kappa shape index (κ1) is 32.7. The average molecular weight is 688 g/mol. The number of carbonyl (C=O) groups is 2. The first-order chi connectivity index (χ1) is 23.3. The van der Waals surface area contributed by atoms with Crippen LogP contribution in [0.3, 0.4) is 0 Å². The number of halogens is 2. The Morgan fingerprint density at radius 1 is 0.875 bits per heavy atom. The highest BCUT2D eigenvalue weighted by Crippen LogP contribution is 2.46. The number of ether oxygens (including phenoxy) is 3. The van der Waals surface area contributed by atoms with Crippen molar-refractivity contribution in [3.63, 3.8) is 0 Å². The summed E-state index contributed by atoms with van der Waals surface area (Å²) >= 11 is 2.25. The quantitative estimate of drug-likeness (QED) is 0.0502. The van der Waals surface area contributed by atoms with E-state index in [2.05, 4.69) is 10.2 Å². The number of nitrogens with zero attached hydrogens (tertiary/aromatic N) is 3. The molecule has 0 aliphatic carbocycles. The van der Waals surface area contributed by atoms with Crippen LogP contribution < -0.4 is 19.1 Å². The maximum atomic E-state index is 14.7. The maximum absolute atomic E-state index is 14.7. The predicted octanol–water partition coefficient (Wildman–Crippen LogP) is 7.33. The van der Waals surface area contributed by atoms with E-state index in [1.165, 1.54) is 44.2 Å². The number of anilines is 1. The number of carbonyl (C=O) groups excluding carboxylic acids is 2. The molecule has 48 heavy (non-hydrogen) atoms. The van der Waals surface area contributed by atoms with Crippen molar-refractivity contribution in [3.8, 4) is 17.2 Å². The fourth-order valence-electron chi connectivity index (χ4n) is 5.14. The van der Waals surface area contributed by atoms with Crippen molar-refractivity contribution >= 4 is 45.7 Å². The van der Waals surface area contributed by atoms with Crippen molar-refractivity contribution in [1.82, 2.24) is 10.2 Å². The molecule has 1 unspecified atom stereocenters. The largest absolute Gasteiger partial charge is 0.507 e. The summed E-state index contributed by atoms with van der Waals surface area (Å²) in [6, 6.07) is 23.3. The molecule has 0 spiro atoms. The number of Topliss-reactive ketones (excluding diaryl/α,β-unsaturated/α-hetero) is 1. The second-order valence-corrected chi connectivity index (χ2v) is 12.6. The third-order valence-electron chi connectivity index (χ3n) is 7.52. The molecule has 1 N–H and O–H groups in total. The summed E-state index contributed by atoms with van der Waals surface area (Å²) in [6.45, 7) is 0.260. The molecule has 0 bridgehead atoms. The van der Waals surface area contributed by atoms with E-state index in [1.807, 2.05) is 30.3 Å². The van der Waals surface area contributed by atoms with Gasteiger partial charge in [0.1, 0.15) is 18.2 Å².